The van der Waals surface area contributed by atoms with E-state index < -0.39 is 17.6 Å². The molecule has 1 aromatic carbocycles. The molecule has 4 nitrogen and oxygen atoms in total. The van der Waals surface area contributed by atoms with Crippen molar-refractivity contribution in [3.63, 3.8) is 0 Å². The van der Waals surface area contributed by atoms with Gasteiger partial charge in [0.2, 0.25) is 0 Å². The van der Waals surface area contributed by atoms with Crippen LogP contribution < -0.4 is 5.32 Å². The maximum atomic E-state index is 12.4. The number of anilines is 1. The number of carbonyl (C=O) groups is 1. The van der Waals surface area contributed by atoms with Crippen molar-refractivity contribution in [1.29, 1.82) is 0 Å². The summed E-state index contributed by atoms with van der Waals surface area (Å²) in [5, 5.41) is 6.58. The largest absolute Gasteiger partial charge is 0.416 e. The highest BCUT2D eigenvalue weighted by molar-refractivity contribution is 6.03. The van der Waals surface area contributed by atoms with Gasteiger partial charge < -0.3 is 5.32 Å². The van der Waals surface area contributed by atoms with Gasteiger partial charge in [0.15, 0.2) is 0 Å². The van der Waals surface area contributed by atoms with Gasteiger partial charge >= 0.3 is 6.18 Å². The quantitative estimate of drug-likeness (QED) is 0.938. The molecule has 0 fully saturated rings. The van der Waals surface area contributed by atoms with Crippen LogP contribution in [0.3, 0.4) is 0 Å². The first-order valence-electron chi connectivity index (χ1n) is 6.42. The zero-order valence-electron chi connectivity index (χ0n) is 11.3. The van der Waals surface area contributed by atoms with Gasteiger partial charge in [-0.15, -0.1) is 0 Å². The minimum Gasteiger partial charge on any atom is -0.321 e. The monoisotopic (exact) mass is 297 g/mol. The molecule has 0 bridgehead atoms. The van der Waals surface area contributed by atoms with Gasteiger partial charge in [-0.2, -0.15) is 18.3 Å². The molecule has 112 valence electrons. The van der Waals surface area contributed by atoms with Crippen molar-refractivity contribution < 1.29 is 18.0 Å². The van der Waals surface area contributed by atoms with E-state index in [9.17, 15) is 18.0 Å². The molecule has 0 aliphatic heterocycles. The molecule has 2 rings (SSSR count). The number of nitrogens with zero attached hydrogens (tertiary/aromatic N) is 2. The topological polar surface area (TPSA) is 46.9 Å². The summed E-state index contributed by atoms with van der Waals surface area (Å²) < 4.78 is 38.9. The smallest absolute Gasteiger partial charge is 0.321 e. The van der Waals surface area contributed by atoms with E-state index in [4.69, 9.17) is 0 Å². The Bertz CT molecular complexity index is 617. The molecular formula is C14H14F3N3O. The summed E-state index contributed by atoms with van der Waals surface area (Å²) in [6.45, 7) is 2.56. The van der Waals surface area contributed by atoms with E-state index in [0.29, 0.717) is 17.9 Å². The molecule has 1 aromatic heterocycles. The van der Waals surface area contributed by atoms with E-state index in [1.807, 2.05) is 6.92 Å². The first kappa shape index (κ1) is 15.1. The van der Waals surface area contributed by atoms with Crippen LogP contribution in [-0.4, -0.2) is 15.7 Å². The molecule has 0 aliphatic carbocycles. The molecule has 0 saturated heterocycles. The number of amides is 1. The summed E-state index contributed by atoms with van der Waals surface area (Å²) in [6, 6.07) is 5.87. The third-order valence-electron chi connectivity index (χ3n) is 2.85. The van der Waals surface area contributed by atoms with Gasteiger partial charge in [-0.25, -0.2) is 0 Å². The number of hydrogen-bond donors (Lipinski definition) is 1. The SMILES string of the molecule is CCCn1nccc1C(=O)Nc1ccc(C(F)(F)F)cc1. The molecular weight excluding hydrogens is 283 g/mol. The predicted octanol–water partition coefficient (Wildman–Crippen LogP) is 3.56. The molecule has 0 radical (unpaired) electrons. The number of nitrogens with one attached hydrogen (secondary N) is 1. The second kappa shape index (κ2) is 5.99. The minimum atomic E-state index is -4.39. The fraction of sp³-hybridized carbons (Fsp3) is 0.286. The van der Waals surface area contributed by atoms with E-state index in [1.165, 1.54) is 18.3 Å². The van der Waals surface area contributed by atoms with E-state index in [0.717, 1.165) is 18.6 Å². The molecule has 0 unspecified atom stereocenters. The first-order valence-corrected chi connectivity index (χ1v) is 6.42. The standard InChI is InChI=1S/C14H14F3N3O/c1-2-9-20-12(7-8-18-20)13(21)19-11-5-3-10(4-6-11)14(15,16)17/h3-8H,2,9H2,1H3,(H,19,21). The molecule has 2 aromatic rings. The molecule has 0 spiro atoms. The maximum absolute atomic E-state index is 12.4. The Kier molecular flexibility index (Phi) is 4.30. The van der Waals surface area contributed by atoms with E-state index in [2.05, 4.69) is 10.4 Å². The van der Waals surface area contributed by atoms with Crippen molar-refractivity contribution in [1.82, 2.24) is 9.78 Å². The lowest BCUT2D eigenvalue weighted by Crippen LogP contribution is -2.18. The Labute approximate surface area is 119 Å². The van der Waals surface area contributed by atoms with Crippen LogP contribution in [0.5, 0.6) is 0 Å². The lowest BCUT2D eigenvalue weighted by Gasteiger charge is -2.09. The van der Waals surface area contributed by atoms with Crippen molar-refractivity contribution in [3.8, 4) is 0 Å². The average Bonchev–Trinajstić information content (AvgIpc) is 2.87. The third kappa shape index (κ3) is 3.62. The number of halogens is 3. The van der Waals surface area contributed by atoms with Gasteiger partial charge in [-0.1, -0.05) is 6.92 Å². The normalized spacial score (nSPS) is 11.4. The molecule has 1 heterocycles. The first-order chi connectivity index (χ1) is 9.91. The molecule has 0 aliphatic rings. The second-order valence-corrected chi connectivity index (χ2v) is 4.47. The van der Waals surface area contributed by atoms with Gasteiger partial charge in [-0.05, 0) is 36.8 Å². The van der Waals surface area contributed by atoms with Crippen molar-refractivity contribution in [2.45, 2.75) is 26.1 Å². The zero-order valence-corrected chi connectivity index (χ0v) is 11.3. The summed E-state index contributed by atoms with van der Waals surface area (Å²) in [7, 11) is 0. The van der Waals surface area contributed by atoms with Crippen LogP contribution in [0.4, 0.5) is 18.9 Å². The Balaban J connectivity index is 2.11. The van der Waals surface area contributed by atoms with E-state index >= 15 is 0 Å². The third-order valence-corrected chi connectivity index (χ3v) is 2.85. The summed E-state index contributed by atoms with van der Waals surface area (Å²) in [5.41, 5.74) is -0.0782. The van der Waals surface area contributed by atoms with Gasteiger partial charge in [0.05, 0.1) is 5.56 Å². The van der Waals surface area contributed by atoms with Crippen molar-refractivity contribution in [2.75, 3.05) is 5.32 Å². The summed E-state index contributed by atoms with van der Waals surface area (Å²) in [5.74, 6) is -0.402. The van der Waals surface area contributed by atoms with Crippen molar-refractivity contribution in [3.05, 3.63) is 47.8 Å². The highest BCUT2D eigenvalue weighted by atomic mass is 19.4. The molecule has 21 heavy (non-hydrogen) atoms. The van der Waals surface area contributed by atoms with Crippen LogP contribution >= 0.6 is 0 Å². The summed E-state index contributed by atoms with van der Waals surface area (Å²) >= 11 is 0. The number of hydrogen-bond acceptors (Lipinski definition) is 2. The van der Waals surface area contributed by atoms with Gasteiger partial charge in [0.1, 0.15) is 5.69 Å². The minimum absolute atomic E-state index is 0.303. The summed E-state index contributed by atoms with van der Waals surface area (Å²) in [4.78, 5) is 12.1. The number of benzene rings is 1. The van der Waals surface area contributed by atoms with Gasteiger partial charge in [-0.3, -0.25) is 9.48 Å². The Morgan fingerprint density at radius 3 is 2.48 bits per heavy atom. The Hall–Kier alpha value is -2.31. The lowest BCUT2D eigenvalue weighted by atomic mass is 10.2. The lowest BCUT2D eigenvalue weighted by molar-refractivity contribution is -0.137. The van der Waals surface area contributed by atoms with Crippen LogP contribution in [-0.2, 0) is 12.7 Å². The zero-order chi connectivity index (χ0) is 15.5. The van der Waals surface area contributed by atoms with Crippen LogP contribution in [0.2, 0.25) is 0 Å². The van der Waals surface area contributed by atoms with Crippen molar-refractivity contribution in [2.24, 2.45) is 0 Å². The van der Waals surface area contributed by atoms with Gasteiger partial charge in [0, 0.05) is 18.4 Å². The van der Waals surface area contributed by atoms with E-state index in [1.54, 1.807) is 10.7 Å². The highest BCUT2D eigenvalue weighted by Gasteiger charge is 2.30. The van der Waals surface area contributed by atoms with Crippen LogP contribution in [0.1, 0.15) is 29.4 Å². The number of rotatable bonds is 4. The number of alkyl halides is 3. The highest BCUT2D eigenvalue weighted by Crippen LogP contribution is 2.29. The van der Waals surface area contributed by atoms with Gasteiger partial charge in [0.25, 0.3) is 5.91 Å². The van der Waals surface area contributed by atoms with Crippen LogP contribution in [0, 0.1) is 0 Å². The maximum Gasteiger partial charge on any atom is 0.416 e. The summed E-state index contributed by atoms with van der Waals surface area (Å²) in [6.07, 6.45) is -2.05. The van der Waals surface area contributed by atoms with Crippen LogP contribution in [0.15, 0.2) is 36.5 Å². The van der Waals surface area contributed by atoms with E-state index in [-0.39, 0.29) is 0 Å². The molecule has 1 N–H and O–H groups in total. The predicted molar refractivity (Wildman–Crippen MR) is 71.9 cm³/mol. The molecule has 0 atom stereocenters. The second-order valence-electron chi connectivity index (χ2n) is 4.47. The Morgan fingerprint density at radius 2 is 1.90 bits per heavy atom. The molecule has 7 heteroatoms. The average molecular weight is 297 g/mol. The molecule has 1 amide bonds. The van der Waals surface area contributed by atoms with Crippen LogP contribution in [0.25, 0.3) is 0 Å². The fourth-order valence-corrected chi connectivity index (χ4v) is 1.85. The molecule has 0 saturated carbocycles. The number of aryl methyl sites for hydroxylation is 1. The fourth-order valence-electron chi connectivity index (χ4n) is 1.85. The number of carbonyl (C=O) groups excluding carboxylic acids is 1. The Morgan fingerprint density at radius 1 is 1.24 bits per heavy atom. The number of aromatic nitrogens is 2. The van der Waals surface area contributed by atoms with Crippen molar-refractivity contribution >= 4 is 11.6 Å².